The molecule has 12 atom stereocenters. The highest BCUT2D eigenvalue weighted by Crippen LogP contribution is 2.24. The lowest BCUT2D eigenvalue weighted by Crippen LogP contribution is -2.60. The zero-order valence-corrected chi connectivity index (χ0v) is 82.8. The Balaban J connectivity index is 1.36. The number of nitrogens with two attached hydrogens (primary N) is 3. The summed E-state index contributed by atoms with van der Waals surface area (Å²) in [5.41, 5.74) is 18.1. The van der Waals surface area contributed by atoms with E-state index >= 15 is 19.2 Å². The number of hydrogen-bond donors (Lipinski definition) is 25. The monoisotopic (exact) mass is 2060 g/mol. The normalized spacial score (nSPS) is 18.4. The van der Waals surface area contributed by atoms with Gasteiger partial charge in [-0.15, -0.1) is 0 Å². The average Bonchev–Trinajstić information content (AvgIpc) is 1.65. The van der Waals surface area contributed by atoms with Crippen molar-refractivity contribution in [3.05, 3.63) is 71.9 Å². The summed E-state index contributed by atoms with van der Waals surface area (Å²) < 4.78 is 11.1. The predicted molar refractivity (Wildman–Crippen MR) is 528 cm³/mol. The van der Waals surface area contributed by atoms with E-state index in [4.69, 9.17) is 37.2 Å². The zero-order chi connectivity index (χ0) is 107. The van der Waals surface area contributed by atoms with Crippen LogP contribution in [0, 0.1) is 5.41 Å². The molecule has 28 N–H and O–H groups in total. The number of nitrogens with one attached hydrogen (secondary N) is 16. The molecule has 2 aliphatic heterocycles. The van der Waals surface area contributed by atoms with Gasteiger partial charge < -0.3 is 146 Å². The van der Waals surface area contributed by atoms with Gasteiger partial charge in [-0.25, -0.2) is 4.99 Å². The van der Waals surface area contributed by atoms with Gasteiger partial charge in [-0.2, -0.15) is 0 Å². The molecule has 0 saturated carbocycles. The molecule has 12 unspecified atom stereocenters. The van der Waals surface area contributed by atoms with Crippen molar-refractivity contribution in [3.63, 3.8) is 0 Å². The van der Waals surface area contributed by atoms with Gasteiger partial charge in [0.25, 0.3) is 11.8 Å². The van der Waals surface area contributed by atoms with Gasteiger partial charge in [-0.1, -0.05) is 126 Å². The van der Waals surface area contributed by atoms with Crippen LogP contribution in [0.3, 0.4) is 0 Å². The van der Waals surface area contributed by atoms with Gasteiger partial charge in [0.15, 0.2) is 5.96 Å². The van der Waals surface area contributed by atoms with Gasteiger partial charge in [-0.05, 0) is 107 Å². The van der Waals surface area contributed by atoms with Crippen LogP contribution in [-0.2, 0) is 118 Å². The Hall–Kier alpha value is -13.6. The van der Waals surface area contributed by atoms with E-state index in [9.17, 15) is 102 Å². The molecule has 3 aromatic rings. The number of ether oxygens (including phenoxy) is 2. The number of aromatic nitrogens is 1. The molecular formula is C96H148N22O28. The molecule has 0 aliphatic carbocycles. The number of carbonyl (C=O) groups is 20. The molecule has 50 heteroatoms. The summed E-state index contributed by atoms with van der Waals surface area (Å²) in [6.07, 6.45) is 8.58. The Morgan fingerprint density at radius 2 is 1.17 bits per heavy atom. The SMILES string of the molecule is CCCCC(=NC(=O)C(CCCCNC(=O)CN(CC(=O)O)CC(=O)O)NC(=O)C(CO)NC(=O)C(CCC(N)=O)NC(=O)C(CO)NC(=O)CNCC(C=O)OCCOCCNC(=O)CCCCCCCCCCCCCCC(=O)O)C(=O)NC1CCC(=O)NCCCCC(C(N)=O)NC(=O)C(Cc2c[nH]c3ccccc23)NC(=O)C(CCCNC(=N)N)NC(=O)C(Cc2ccccc2)NC(=O)C2CC(O)CN2C1=O. The second-order valence-electron chi connectivity index (χ2n) is 35.9. The van der Waals surface area contributed by atoms with Crippen LogP contribution in [0.5, 0.6) is 0 Å². The molecular weight excluding hydrogens is 1910 g/mol. The van der Waals surface area contributed by atoms with E-state index in [1.165, 1.54) is 0 Å². The van der Waals surface area contributed by atoms with Crippen molar-refractivity contribution in [2.24, 2.45) is 22.2 Å². The first-order chi connectivity index (χ1) is 69.9. The van der Waals surface area contributed by atoms with E-state index in [0.29, 0.717) is 47.6 Å². The maximum Gasteiger partial charge on any atom is 0.317 e. The molecule has 146 heavy (non-hydrogen) atoms. The van der Waals surface area contributed by atoms with Crippen molar-refractivity contribution in [1.29, 1.82) is 5.41 Å². The van der Waals surface area contributed by atoms with Gasteiger partial charge in [0.1, 0.15) is 78.5 Å². The number of H-pyrrole nitrogens is 1. The smallest absolute Gasteiger partial charge is 0.317 e. The molecule has 16 amide bonds. The number of carboxylic acid groups (broad SMARTS) is 3. The number of primary amides is 2. The van der Waals surface area contributed by atoms with Crippen molar-refractivity contribution in [2.45, 2.75) is 285 Å². The Morgan fingerprint density at radius 3 is 1.81 bits per heavy atom. The molecule has 50 nitrogen and oxygen atoms in total. The molecule has 2 aromatic carbocycles. The number of aromatic amines is 1. The average molecular weight is 2060 g/mol. The summed E-state index contributed by atoms with van der Waals surface area (Å²) in [6.45, 7) is -4.29. The van der Waals surface area contributed by atoms with E-state index in [-0.39, 0.29) is 136 Å². The highest BCUT2D eigenvalue weighted by molar-refractivity contribution is 6.41. The fourth-order valence-electron chi connectivity index (χ4n) is 16.1. The van der Waals surface area contributed by atoms with Gasteiger partial charge in [0.2, 0.25) is 82.7 Å². The van der Waals surface area contributed by atoms with Crippen LogP contribution in [0.1, 0.15) is 211 Å². The lowest BCUT2D eigenvalue weighted by atomic mass is 10.0. The highest BCUT2D eigenvalue weighted by atomic mass is 16.5. The molecule has 3 heterocycles. The van der Waals surface area contributed by atoms with Crippen molar-refractivity contribution in [3.8, 4) is 0 Å². The number of amides is 16. The quantitative estimate of drug-likeness (QED) is 0.0111. The lowest BCUT2D eigenvalue weighted by molar-refractivity contribution is -0.143. The molecule has 1 aromatic heterocycles. The number of unbranched alkanes of at least 4 members (excludes halogenated alkanes) is 13. The van der Waals surface area contributed by atoms with Crippen molar-refractivity contribution < 1.29 is 136 Å². The maximum atomic E-state index is 15.5. The number of hydrogen-bond acceptors (Lipinski definition) is 28. The Labute approximate surface area is 845 Å². The number of nitrogens with zero attached hydrogens (tertiary/aromatic N) is 3. The van der Waals surface area contributed by atoms with E-state index < -0.39 is 275 Å². The van der Waals surface area contributed by atoms with Gasteiger partial charge in [0.05, 0.1) is 65.3 Å². The molecule has 2 aliphatic rings. The number of fused-ring (bicyclic) bond motifs is 2. The van der Waals surface area contributed by atoms with Crippen LogP contribution in [-0.4, -0.2) is 347 Å². The third-order valence-electron chi connectivity index (χ3n) is 23.9. The van der Waals surface area contributed by atoms with Crippen molar-refractivity contribution in [1.82, 2.24) is 89.2 Å². The molecule has 5 rings (SSSR count). The third-order valence-corrected chi connectivity index (χ3v) is 23.9. The first-order valence-electron chi connectivity index (χ1n) is 49.7. The van der Waals surface area contributed by atoms with Crippen LogP contribution in [0.2, 0.25) is 0 Å². The summed E-state index contributed by atoms with van der Waals surface area (Å²) in [6, 6.07) is -1.56. The number of carbonyl (C=O) groups excluding carboxylic acids is 17. The molecule has 0 spiro atoms. The van der Waals surface area contributed by atoms with Crippen LogP contribution < -0.4 is 91.6 Å². The number of aldehydes is 1. The first kappa shape index (κ1) is 123. The third kappa shape index (κ3) is 49.4. The van der Waals surface area contributed by atoms with E-state index in [1.807, 2.05) is 0 Å². The van der Waals surface area contributed by atoms with Gasteiger partial charge in [0, 0.05) is 101 Å². The molecule has 0 bridgehead atoms. The Bertz CT molecular complexity index is 4780. The van der Waals surface area contributed by atoms with E-state index in [1.54, 1.807) is 67.7 Å². The van der Waals surface area contributed by atoms with Crippen LogP contribution >= 0.6 is 0 Å². The van der Waals surface area contributed by atoms with Gasteiger partial charge in [-0.3, -0.25) is 101 Å². The number of carboxylic acids is 3. The zero-order valence-electron chi connectivity index (χ0n) is 82.8. The number of aliphatic hydroxyl groups excluding tert-OH is 3. The summed E-state index contributed by atoms with van der Waals surface area (Å²) in [4.78, 5) is 280. The summed E-state index contributed by atoms with van der Waals surface area (Å²) in [5, 5.41) is 104. The lowest BCUT2D eigenvalue weighted by Gasteiger charge is -2.30. The molecule has 810 valence electrons. The number of benzene rings is 2. The fourth-order valence-corrected chi connectivity index (χ4v) is 16.1. The largest absolute Gasteiger partial charge is 0.481 e. The molecule has 2 saturated heterocycles. The second kappa shape index (κ2) is 69.5. The number of aliphatic carboxylic acids is 3. The summed E-state index contributed by atoms with van der Waals surface area (Å²) >= 11 is 0. The molecule has 0 radical (unpaired) electrons. The number of para-hydroxylation sites is 1. The number of aliphatic imine (C=N–C) groups is 1. The number of aliphatic hydroxyl groups is 3. The summed E-state index contributed by atoms with van der Waals surface area (Å²) in [7, 11) is 0. The first-order valence-corrected chi connectivity index (χ1v) is 49.7. The number of guanidine groups is 1. The predicted octanol–water partition coefficient (Wildman–Crippen LogP) is -3.87. The maximum absolute atomic E-state index is 15.5. The van der Waals surface area contributed by atoms with Crippen molar-refractivity contribution in [2.75, 3.05) is 98.5 Å². The number of rotatable bonds is 65. The highest BCUT2D eigenvalue weighted by Gasteiger charge is 2.44. The second-order valence-corrected chi connectivity index (χ2v) is 35.9. The summed E-state index contributed by atoms with van der Waals surface area (Å²) in [5.74, 6) is -19.8. The minimum absolute atomic E-state index is 0.0167. The Morgan fingerprint density at radius 1 is 0.582 bits per heavy atom. The van der Waals surface area contributed by atoms with E-state index in [2.05, 4.69) is 84.4 Å². The van der Waals surface area contributed by atoms with E-state index in [0.717, 1.165) is 80.4 Å². The Kier molecular flexibility index (Phi) is 58.5. The van der Waals surface area contributed by atoms with Gasteiger partial charge >= 0.3 is 17.9 Å². The molecule has 2 fully saturated rings. The standard InChI is InChI=1S/C96H148N22O28/c1-2-3-29-67(87(136)113-71-37-39-79(125)102-40-23-21-31-66(85(98)134)108-91(140)73(48-61-50-106-65-30-20-19-28-64(61)65)114-88(137)69(33-25-42-105-96(99)100)110-90(139)72(47-60-26-15-14-16-27-60)115-94(143)76-49-62(122)53-118(76)95(71)144)109-86(135)68(32-22-24-41-103-81(127)54-117(55-83(130)131)56-84(132)133)111-93(142)75(59-121)116-89(138)70(36-38-77(97)123)112-92(141)74(58-120)107-80(126)52-101-51-63(57-119)146-46-45-145-44-43-104-78(124)34-17-12-10-8-6-4-5-7-9-11-13-18-35-82(128)129/h14-16,19-20,26-28,30,50,57,62-63,66,68-76,101,106,120-122H,2-13,17-18,21-25,29,31-49,51-56,58-59H2,1H3,(H2,97,123)(H2,98,134)(H,102,125)(H,103,127)(H,104,124)(H,107,126)(H,108,140)(H,110,139)(H,111,142)(H,112,141)(H,113,136)(H,114,137)(H,115,143)(H,116,138)(H,128,129)(H,130,131)(H,132,133)(H4,99,100,105). The fraction of sp³-hybridized carbons (Fsp3) is 0.625. The van der Waals surface area contributed by atoms with Crippen LogP contribution in [0.4, 0.5) is 0 Å². The van der Waals surface area contributed by atoms with Crippen molar-refractivity contribution >= 4 is 141 Å². The van der Waals surface area contributed by atoms with Crippen LogP contribution in [0.25, 0.3) is 10.9 Å². The topological polar surface area (TPSA) is 786 Å². The van der Waals surface area contributed by atoms with Crippen LogP contribution in [0.15, 0.2) is 65.8 Å². The minimum Gasteiger partial charge on any atom is -0.481 e. The minimum atomic E-state index is -2.06.